The number of para-hydroxylation sites is 2. The first kappa shape index (κ1) is 27.6. The number of benzene rings is 7. The van der Waals surface area contributed by atoms with Gasteiger partial charge in [0.05, 0.1) is 0 Å². The predicted molar refractivity (Wildman–Crippen MR) is 202 cm³/mol. The lowest BCUT2D eigenvalue weighted by Crippen LogP contribution is -2.09. The van der Waals surface area contributed by atoms with Crippen molar-refractivity contribution in [2.45, 2.75) is 6.92 Å². The Morgan fingerprint density at radius 1 is 0.347 bits per heavy atom. The summed E-state index contributed by atoms with van der Waals surface area (Å²) in [6, 6.07) is 50.7. The number of aryl methyl sites for hydroxylation is 1. The molecule has 0 aliphatic rings. The molecule has 0 fully saturated rings. The molecule has 5 heteroatoms. The molecule has 0 radical (unpaired) electrons. The van der Waals surface area contributed by atoms with Crippen LogP contribution in [0.3, 0.4) is 0 Å². The van der Waals surface area contributed by atoms with Gasteiger partial charge in [-0.05, 0) is 91.3 Å². The fraction of sp³-hybridized carbons (Fsp3) is 0.0455. The Hall–Kier alpha value is -6.46. The van der Waals surface area contributed by atoms with Crippen LogP contribution in [-0.4, -0.2) is 7.05 Å². The lowest BCUT2D eigenvalue weighted by atomic mass is 10.1. The maximum Gasteiger partial charge on any atom is 0.137 e. The highest BCUT2D eigenvalue weighted by Crippen LogP contribution is 2.42. The normalized spacial score (nSPS) is 11.9. The Morgan fingerprint density at radius 2 is 0.816 bits per heavy atom. The van der Waals surface area contributed by atoms with Crippen molar-refractivity contribution in [3.05, 3.63) is 151 Å². The molecule has 0 bridgehead atoms. The van der Waals surface area contributed by atoms with Gasteiger partial charge in [-0.1, -0.05) is 48.5 Å². The van der Waals surface area contributed by atoms with Crippen molar-refractivity contribution in [3.8, 4) is 0 Å². The molecule has 234 valence electrons. The molecule has 0 saturated heterocycles. The first-order chi connectivity index (χ1) is 24.1. The highest BCUT2D eigenvalue weighted by molar-refractivity contribution is 6.09. The number of fused-ring (bicyclic) bond motifs is 9. The number of furan rings is 3. The summed E-state index contributed by atoms with van der Waals surface area (Å²) in [4.78, 5) is 4.44. The van der Waals surface area contributed by atoms with Crippen molar-refractivity contribution in [2.75, 3.05) is 16.8 Å². The maximum atomic E-state index is 6.59. The van der Waals surface area contributed by atoms with Crippen molar-refractivity contribution >= 4 is 94.3 Å². The summed E-state index contributed by atoms with van der Waals surface area (Å²) in [7, 11) is 2.09. The SMILES string of the molecule is Cc1ccc2c(c1)oc1cc(N(c3ccccc3)c3ccc4c(c3)oc3cc(N(C)c5ccc6oc7ccccc7c6c5)ccc34)ccc12. The van der Waals surface area contributed by atoms with Crippen LogP contribution in [0.2, 0.25) is 0 Å². The Balaban J connectivity index is 1.05. The van der Waals surface area contributed by atoms with Gasteiger partial charge in [0.1, 0.15) is 33.5 Å². The lowest BCUT2D eigenvalue weighted by Gasteiger charge is -2.25. The van der Waals surface area contributed by atoms with E-state index in [0.717, 1.165) is 94.3 Å². The predicted octanol–water partition coefficient (Wildman–Crippen LogP) is 12.9. The topological polar surface area (TPSA) is 45.9 Å². The second-order valence-electron chi connectivity index (χ2n) is 12.8. The largest absolute Gasteiger partial charge is 0.456 e. The van der Waals surface area contributed by atoms with E-state index in [4.69, 9.17) is 13.3 Å². The summed E-state index contributed by atoms with van der Waals surface area (Å²) in [6.07, 6.45) is 0. The van der Waals surface area contributed by atoms with E-state index < -0.39 is 0 Å². The molecule has 3 heterocycles. The number of anilines is 5. The monoisotopic (exact) mass is 634 g/mol. The van der Waals surface area contributed by atoms with Crippen LogP contribution >= 0.6 is 0 Å². The third-order valence-electron chi connectivity index (χ3n) is 9.72. The van der Waals surface area contributed by atoms with Crippen LogP contribution in [-0.2, 0) is 0 Å². The number of rotatable bonds is 5. The Bertz CT molecular complexity index is 2880. The van der Waals surface area contributed by atoms with Gasteiger partial charge < -0.3 is 23.1 Å². The molecule has 0 atom stereocenters. The summed E-state index contributed by atoms with van der Waals surface area (Å²) in [5.74, 6) is 0. The third kappa shape index (κ3) is 4.40. The van der Waals surface area contributed by atoms with Gasteiger partial charge in [-0.2, -0.15) is 0 Å². The van der Waals surface area contributed by atoms with E-state index in [2.05, 4.69) is 139 Å². The van der Waals surface area contributed by atoms with Crippen LogP contribution in [0.1, 0.15) is 5.56 Å². The van der Waals surface area contributed by atoms with Crippen LogP contribution in [0, 0.1) is 6.92 Å². The van der Waals surface area contributed by atoms with Gasteiger partial charge in [-0.15, -0.1) is 0 Å². The number of hydrogen-bond acceptors (Lipinski definition) is 5. The minimum absolute atomic E-state index is 0.833. The van der Waals surface area contributed by atoms with Crippen LogP contribution in [0.25, 0.3) is 65.8 Å². The molecule has 7 aromatic carbocycles. The molecule has 0 aliphatic carbocycles. The van der Waals surface area contributed by atoms with Gasteiger partial charge in [-0.3, -0.25) is 0 Å². The van der Waals surface area contributed by atoms with E-state index in [9.17, 15) is 0 Å². The van der Waals surface area contributed by atoms with Gasteiger partial charge in [0.15, 0.2) is 0 Å². The molecule has 5 nitrogen and oxygen atoms in total. The molecular formula is C44H30N2O3. The average Bonchev–Trinajstić information content (AvgIpc) is 3.81. The van der Waals surface area contributed by atoms with Crippen molar-refractivity contribution in [3.63, 3.8) is 0 Å². The second-order valence-corrected chi connectivity index (χ2v) is 12.8. The average molecular weight is 635 g/mol. The standard InChI is InChI=1S/C44H30N2O3/c1-27-12-17-34-36-19-14-31(25-43(36)48-41(34)22-27)46(28-8-4-3-5-9-28)32-15-20-37-35-18-13-30(24-42(35)49-44(37)26-32)45(2)29-16-21-40-38(23-29)33-10-6-7-11-39(33)47-40/h3-26H,1-2H3. The molecular weight excluding hydrogens is 604 g/mol. The zero-order valence-corrected chi connectivity index (χ0v) is 27.0. The molecule has 3 aromatic heterocycles. The number of nitrogens with zero attached hydrogens (tertiary/aromatic N) is 2. The van der Waals surface area contributed by atoms with E-state index in [1.54, 1.807) is 0 Å². The molecule has 0 amide bonds. The van der Waals surface area contributed by atoms with Gasteiger partial charge in [-0.25, -0.2) is 0 Å². The molecule has 0 unspecified atom stereocenters. The summed E-state index contributed by atoms with van der Waals surface area (Å²) >= 11 is 0. The molecule has 10 aromatic rings. The fourth-order valence-electron chi connectivity index (χ4n) is 7.21. The van der Waals surface area contributed by atoms with Gasteiger partial charge in [0, 0.05) is 86.0 Å². The lowest BCUT2D eigenvalue weighted by molar-refractivity contribution is 0.668. The second kappa shape index (κ2) is 10.5. The Labute approximate surface area is 281 Å². The Kier molecular flexibility index (Phi) is 5.94. The summed E-state index contributed by atoms with van der Waals surface area (Å²) in [6.45, 7) is 2.09. The molecule has 10 rings (SSSR count). The minimum atomic E-state index is 0.833. The first-order valence-corrected chi connectivity index (χ1v) is 16.5. The first-order valence-electron chi connectivity index (χ1n) is 16.5. The van der Waals surface area contributed by atoms with Crippen LogP contribution in [0.15, 0.2) is 159 Å². The Morgan fingerprint density at radius 3 is 1.51 bits per heavy atom. The fourth-order valence-corrected chi connectivity index (χ4v) is 7.21. The minimum Gasteiger partial charge on any atom is -0.456 e. The molecule has 49 heavy (non-hydrogen) atoms. The molecule has 0 saturated carbocycles. The highest BCUT2D eigenvalue weighted by atomic mass is 16.3. The smallest absolute Gasteiger partial charge is 0.137 e. The van der Waals surface area contributed by atoms with Crippen LogP contribution < -0.4 is 9.80 Å². The van der Waals surface area contributed by atoms with Crippen LogP contribution in [0.4, 0.5) is 28.4 Å². The van der Waals surface area contributed by atoms with Crippen LogP contribution in [0.5, 0.6) is 0 Å². The van der Waals surface area contributed by atoms with Crippen molar-refractivity contribution in [2.24, 2.45) is 0 Å². The summed E-state index contributed by atoms with van der Waals surface area (Å²) in [5, 5.41) is 6.62. The molecule has 0 spiro atoms. The maximum absolute atomic E-state index is 6.59. The summed E-state index contributed by atoms with van der Waals surface area (Å²) < 4.78 is 19.0. The van der Waals surface area contributed by atoms with E-state index in [1.807, 2.05) is 30.3 Å². The summed E-state index contributed by atoms with van der Waals surface area (Å²) in [5.41, 5.74) is 11.6. The quantitative estimate of drug-likeness (QED) is 0.188. The van der Waals surface area contributed by atoms with E-state index in [0.29, 0.717) is 0 Å². The van der Waals surface area contributed by atoms with E-state index in [1.165, 1.54) is 5.56 Å². The van der Waals surface area contributed by atoms with Crippen molar-refractivity contribution in [1.29, 1.82) is 0 Å². The highest BCUT2D eigenvalue weighted by Gasteiger charge is 2.18. The van der Waals surface area contributed by atoms with E-state index >= 15 is 0 Å². The zero-order valence-electron chi connectivity index (χ0n) is 27.0. The molecule has 0 aliphatic heterocycles. The third-order valence-corrected chi connectivity index (χ3v) is 9.72. The molecule has 0 N–H and O–H groups in total. The van der Waals surface area contributed by atoms with E-state index in [-0.39, 0.29) is 0 Å². The van der Waals surface area contributed by atoms with Gasteiger partial charge in [0.25, 0.3) is 0 Å². The van der Waals surface area contributed by atoms with Gasteiger partial charge in [0.2, 0.25) is 0 Å². The van der Waals surface area contributed by atoms with Crippen molar-refractivity contribution in [1.82, 2.24) is 0 Å². The number of hydrogen-bond donors (Lipinski definition) is 0. The van der Waals surface area contributed by atoms with Gasteiger partial charge >= 0.3 is 0 Å². The van der Waals surface area contributed by atoms with Crippen molar-refractivity contribution < 1.29 is 13.3 Å². The zero-order chi connectivity index (χ0) is 32.6.